The van der Waals surface area contributed by atoms with Crippen molar-refractivity contribution < 1.29 is 68.4 Å². The largest absolute Gasteiger partial charge is 0.394 e. The van der Waals surface area contributed by atoms with Gasteiger partial charge in [0.25, 0.3) is 0 Å². The molecule has 0 heterocycles. The van der Waals surface area contributed by atoms with E-state index in [1.54, 1.807) is 0 Å². The predicted molar refractivity (Wildman–Crippen MR) is 243 cm³/mol. The van der Waals surface area contributed by atoms with Crippen LogP contribution in [0.25, 0.3) is 0 Å². The summed E-state index contributed by atoms with van der Waals surface area (Å²) in [6.45, 7) is 4.51. The third-order valence-electron chi connectivity index (χ3n) is 10.0. The van der Waals surface area contributed by atoms with Gasteiger partial charge in [-0.2, -0.15) is 0 Å². The fourth-order valence-corrected chi connectivity index (χ4v) is 5.95. The van der Waals surface area contributed by atoms with Crippen molar-refractivity contribution >= 4 is 65.4 Å². The second-order valence-corrected chi connectivity index (χ2v) is 16.1. The zero-order chi connectivity index (χ0) is 52.1. The standard InChI is InChI=1S/C40H74N14O14/c1-20(32(61)50-27(12-9-17-47-40(44)45)36(65)51-25(34(63)49-24(18-55)19-56)11-6-8-16-46-33(62)23(4)59)48-39(68)31(22(3)58)54-37(66)28(13-14-29(42)60)52-35(64)26(10-5-7-15-41)53-38(67)30(43)21(2)57/h18,20-28,30-31,56-59H,5-17,19,41,43H2,1-4H3,(H2,42,60)(H,46,62)(H,48,68)(H,49,63)(H,50,61)(H,51,65)(H,52,64)(H,53,67)(H,54,66)(H4,44,45,47)/t20-,21+,22+,23-,24+,25-,26-,27-,28-,30-,31-/m0/s1. The van der Waals surface area contributed by atoms with Gasteiger partial charge in [0.05, 0.1) is 18.8 Å². The van der Waals surface area contributed by atoms with Gasteiger partial charge in [0.1, 0.15) is 60.7 Å². The van der Waals surface area contributed by atoms with Gasteiger partial charge in [-0.15, -0.1) is 0 Å². The van der Waals surface area contributed by atoms with Crippen LogP contribution in [0, 0.1) is 0 Å². The van der Waals surface area contributed by atoms with Gasteiger partial charge in [0, 0.05) is 19.5 Å². The second-order valence-electron chi connectivity index (χ2n) is 16.1. The highest BCUT2D eigenvalue weighted by molar-refractivity contribution is 5.97. The summed E-state index contributed by atoms with van der Waals surface area (Å²) in [5, 5.41) is 58.4. The Morgan fingerprint density at radius 1 is 0.574 bits per heavy atom. The molecule has 0 aromatic carbocycles. The zero-order valence-electron chi connectivity index (χ0n) is 39.0. The van der Waals surface area contributed by atoms with Crippen LogP contribution in [0.15, 0.2) is 4.99 Å². The van der Waals surface area contributed by atoms with E-state index in [9.17, 15) is 68.4 Å². The third kappa shape index (κ3) is 25.2. The van der Waals surface area contributed by atoms with Crippen LogP contribution in [0.4, 0.5) is 0 Å². The fraction of sp³-hybridized carbons (Fsp3) is 0.725. The van der Waals surface area contributed by atoms with Gasteiger partial charge < -0.3 is 96.4 Å². The normalized spacial score (nSPS) is 15.9. The number of aliphatic imine (C=N–C) groups is 1. The van der Waals surface area contributed by atoms with Gasteiger partial charge in [0.15, 0.2) is 5.96 Å². The van der Waals surface area contributed by atoms with Gasteiger partial charge in [0.2, 0.25) is 53.2 Å². The number of primary amides is 1. The molecule has 68 heavy (non-hydrogen) atoms. The molecule has 0 saturated heterocycles. The molecule has 9 amide bonds. The number of guanidine groups is 1. The summed E-state index contributed by atoms with van der Waals surface area (Å²) in [5.41, 5.74) is 27.4. The molecule has 388 valence electrons. The molecule has 0 saturated carbocycles. The van der Waals surface area contributed by atoms with E-state index < -0.39 is 139 Å². The summed E-state index contributed by atoms with van der Waals surface area (Å²) in [6, 6.07) is -11.6. The molecule has 28 heteroatoms. The number of aliphatic hydroxyl groups excluding tert-OH is 4. The van der Waals surface area contributed by atoms with E-state index in [0.29, 0.717) is 19.3 Å². The van der Waals surface area contributed by atoms with Crippen molar-refractivity contribution in [1.29, 1.82) is 0 Å². The summed E-state index contributed by atoms with van der Waals surface area (Å²) in [5.74, 6) is -8.44. The summed E-state index contributed by atoms with van der Waals surface area (Å²) in [4.78, 5) is 132. The number of aliphatic hydroxyl groups is 4. The highest BCUT2D eigenvalue weighted by Crippen LogP contribution is 2.09. The van der Waals surface area contributed by atoms with E-state index in [4.69, 9.17) is 28.7 Å². The van der Waals surface area contributed by atoms with E-state index in [2.05, 4.69) is 47.5 Å². The summed E-state index contributed by atoms with van der Waals surface area (Å²) < 4.78 is 0. The van der Waals surface area contributed by atoms with Crippen LogP contribution >= 0.6 is 0 Å². The molecule has 0 aliphatic rings. The maximum absolute atomic E-state index is 13.8. The van der Waals surface area contributed by atoms with Gasteiger partial charge in [-0.05, 0) is 92.0 Å². The van der Waals surface area contributed by atoms with E-state index in [0.717, 1.165) is 6.92 Å². The Morgan fingerprint density at radius 3 is 1.53 bits per heavy atom. The number of unbranched alkanes of at least 4 members (excludes halogenated alkanes) is 2. The number of carbonyl (C=O) groups excluding carboxylic acids is 10. The molecule has 0 rings (SSSR count). The van der Waals surface area contributed by atoms with E-state index >= 15 is 0 Å². The Bertz CT molecular complexity index is 1700. The van der Waals surface area contributed by atoms with Crippen LogP contribution in [0.1, 0.15) is 91.9 Å². The number of amides is 9. The first-order valence-corrected chi connectivity index (χ1v) is 22.2. The lowest BCUT2D eigenvalue weighted by Crippen LogP contribution is -2.61. The summed E-state index contributed by atoms with van der Waals surface area (Å²) >= 11 is 0. The minimum absolute atomic E-state index is 0.00523. The SMILES string of the molecule is C[C@H](O)C(=O)NCCCC[C@H](NC(=O)[C@H](CCCN=C(N)N)NC(=O)[C@H](C)NC(=O)[C@@H](NC(=O)[C@H](CCC(N)=O)NC(=O)[C@H](CCCCN)NC(=O)[C@@H](N)[C@@H](C)O)[C@@H](C)O)C(=O)N[C@H](C=O)CO. The molecular weight excluding hydrogens is 901 g/mol. The van der Waals surface area contributed by atoms with Crippen molar-refractivity contribution in [2.24, 2.45) is 33.7 Å². The Labute approximate surface area is 394 Å². The van der Waals surface area contributed by atoms with Crippen LogP contribution in [-0.4, -0.2) is 179 Å². The Kier molecular flexibility index (Phi) is 30.4. The summed E-state index contributed by atoms with van der Waals surface area (Å²) in [6.07, 6.45) is -3.46. The molecule has 0 aliphatic carbocycles. The monoisotopic (exact) mass is 975 g/mol. The molecule has 0 fully saturated rings. The number of hydrogen-bond acceptors (Lipinski definition) is 17. The lowest BCUT2D eigenvalue weighted by Gasteiger charge is -2.28. The van der Waals surface area contributed by atoms with Gasteiger partial charge in [-0.1, -0.05) is 0 Å². The number of rotatable bonds is 35. The zero-order valence-corrected chi connectivity index (χ0v) is 39.0. The van der Waals surface area contributed by atoms with Gasteiger partial charge in [-0.3, -0.25) is 48.1 Å². The van der Waals surface area contributed by atoms with Crippen molar-refractivity contribution in [3.8, 4) is 0 Å². The highest BCUT2D eigenvalue weighted by Gasteiger charge is 2.35. The molecule has 22 N–H and O–H groups in total. The molecule has 0 aromatic rings. The van der Waals surface area contributed by atoms with Crippen LogP contribution in [0.5, 0.6) is 0 Å². The minimum Gasteiger partial charge on any atom is -0.394 e. The number of hydrogen-bond donors (Lipinski definition) is 17. The average molecular weight is 975 g/mol. The van der Waals surface area contributed by atoms with E-state index in [1.807, 2.05) is 0 Å². The van der Waals surface area contributed by atoms with Crippen molar-refractivity contribution in [3.05, 3.63) is 0 Å². The number of nitrogens with one attached hydrogen (secondary N) is 8. The smallest absolute Gasteiger partial charge is 0.248 e. The fourth-order valence-electron chi connectivity index (χ4n) is 5.95. The number of carbonyl (C=O) groups is 10. The van der Waals surface area contributed by atoms with E-state index in [-0.39, 0.29) is 64.0 Å². The van der Waals surface area contributed by atoms with Gasteiger partial charge in [-0.25, -0.2) is 0 Å². The maximum Gasteiger partial charge on any atom is 0.248 e. The molecule has 0 aromatic heterocycles. The number of nitrogens with two attached hydrogens (primary N) is 5. The van der Waals surface area contributed by atoms with Crippen LogP contribution < -0.4 is 71.2 Å². The molecule has 0 radical (unpaired) electrons. The Balaban J connectivity index is 6.34. The third-order valence-corrected chi connectivity index (χ3v) is 10.0. The summed E-state index contributed by atoms with van der Waals surface area (Å²) in [7, 11) is 0. The minimum atomic E-state index is -1.79. The maximum atomic E-state index is 13.8. The predicted octanol–water partition coefficient (Wildman–Crippen LogP) is -8.20. The average Bonchev–Trinajstić information content (AvgIpc) is 3.27. The van der Waals surface area contributed by atoms with Crippen molar-refractivity contribution in [3.63, 3.8) is 0 Å². The highest BCUT2D eigenvalue weighted by atomic mass is 16.3. The first kappa shape index (κ1) is 61.9. The molecule has 11 atom stereocenters. The molecule has 0 aliphatic heterocycles. The molecule has 28 nitrogen and oxygen atoms in total. The van der Waals surface area contributed by atoms with Gasteiger partial charge >= 0.3 is 0 Å². The van der Waals surface area contributed by atoms with Crippen LogP contribution in [0.3, 0.4) is 0 Å². The number of nitrogens with zero attached hydrogens (tertiary/aromatic N) is 1. The first-order chi connectivity index (χ1) is 31.9. The number of aldehydes is 1. The lowest BCUT2D eigenvalue weighted by atomic mass is 10.0. The lowest BCUT2D eigenvalue weighted by molar-refractivity contribution is -0.137. The molecular formula is C40H74N14O14. The Morgan fingerprint density at radius 2 is 1.06 bits per heavy atom. The van der Waals surface area contributed by atoms with E-state index in [1.165, 1.54) is 20.8 Å². The molecule has 0 spiro atoms. The van der Waals surface area contributed by atoms with Crippen molar-refractivity contribution in [2.75, 3.05) is 26.2 Å². The quantitative estimate of drug-likeness (QED) is 0.0121. The molecule has 0 bridgehead atoms. The second kappa shape index (κ2) is 33.4. The van der Waals surface area contributed by atoms with Crippen LogP contribution in [-0.2, 0) is 47.9 Å². The molecule has 0 unspecified atom stereocenters. The van der Waals surface area contributed by atoms with Crippen LogP contribution in [0.2, 0.25) is 0 Å². The topological polar surface area (TPSA) is 490 Å². The Hall–Kier alpha value is -6.07. The van der Waals surface area contributed by atoms with Crippen molar-refractivity contribution in [2.45, 2.75) is 159 Å². The first-order valence-electron chi connectivity index (χ1n) is 22.2. The van der Waals surface area contributed by atoms with Crippen molar-refractivity contribution in [1.82, 2.24) is 42.5 Å².